The summed E-state index contributed by atoms with van der Waals surface area (Å²) in [7, 11) is 0. The molecule has 9 heteroatoms. The Balaban J connectivity index is 4.56. The largest absolute Gasteiger partial charge is 0.353 e. The standard InChI is InChI=1S/C18H30N4O5/c1-2-16(27)20-9-5-11-22-18(14-25,15-26)7-3-6-17(12-23,13-24)21-10-4-8-19/h2,12-15,21-22H,1,3-11,19H2,(H,20,27). The van der Waals surface area contributed by atoms with E-state index in [4.69, 9.17) is 5.73 Å². The smallest absolute Gasteiger partial charge is 0.243 e. The van der Waals surface area contributed by atoms with Crippen LogP contribution in [0.1, 0.15) is 32.1 Å². The Morgan fingerprint density at radius 2 is 1.30 bits per heavy atom. The minimum absolute atomic E-state index is 0.140. The molecule has 0 radical (unpaired) electrons. The monoisotopic (exact) mass is 382 g/mol. The molecular formula is C18H30N4O5. The number of hydrogen-bond acceptors (Lipinski definition) is 8. The van der Waals surface area contributed by atoms with Crippen LogP contribution in [0, 0.1) is 0 Å². The molecule has 0 aliphatic heterocycles. The van der Waals surface area contributed by atoms with Gasteiger partial charge in [0, 0.05) is 6.54 Å². The molecule has 0 atom stereocenters. The molecule has 0 bridgehead atoms. The number of nitrogens with two attached hydrogens (primary N) is 1. The third kappa shape index (κ3) is 9.32. The number of carbonyl (C=O) groups excluding carboxylic acids is 5. The highest BCUT2D eigenvalue weighted by Crippen LogP contribution is 2.16. The van der Waals surface area contributed by atoms with Gasteiger partial charge in [0.2, 0.25) is 5.91 Å². The third-order valence-electron chi connectivity index (χ3n) is 4.15. The molecule has 0 heterocycles. The number of amides is 1. The van der Waals surface area contributed by atoms with Gasteiger partial charge in [-0.05, 0) is 57.8 Å². The fraction of sp³-hybridized carbons (Fsp3) is 0.611. The minimum atomic E-state index is -1.39. The van der Waals surface area contributed by atoms with Crippen molar-refractivity contribution in [3.63, 3.8) is 0 Å². The van der Waals surface area contributed by atoms with Gasteiger partial charge < -0.3 is 30.2 Å². The molecule has 9 nitrogen and oxygen atoms in total. The van der Waals surface area contributed by atoms with Crippen LogP contribution in [0.15, 0.2) is 12.7 Å². The van der Waals surface area contributed by atoms with Gasteiger partial charge in [-0.2, -0.15) is 0 Å². The van der Waals surface area contributed by atoms with Gasteiger partial charge in [0.05, 0.1) is 0 Å². The molecule has 27 heavy (non-hydrogen) atoms. The summed E-state index contributed by atoms with van der Waals surface area (Å²) in [6.07, 6.45) is 4.99. The fourth-order valence-corrected chi connectivity index (χ4v) is 2.42. The highest BCUT2D eigenvalue weighted by Gasteiger charge is 2.32. The molecule has 0 aliphatic rings. The summed E-state index contributed by atoms with van der Waals surface area (Å²) in [6.45, 7) is 4.88. The Hall–Kier alpha value is -2.23. The summed E-state index contributed by atoms with van der Waals surface area (Å²) in [5.41, 5.74) is 2.66. The molecule has 0 rings (SSSR count). The molecule has 0 spiro atoms. The van der Waals surface area contributed by atoms with Gasteiger partial charge in [-0.25, -0.2) is 0 Å². The van der Waals surface area contributed by atoms with E-state index in [9.17, 15) is 24.0 Å². The first-order valence-electron chi connectivity index (χ1n) is 8.92. The number of carbonyl (C=O) groups is 5. The van der Waals surface area contributed by atoms with E-state index in [0.29, 0.717) is 70.6 Å². The van der Waals surface area contributed by atoms with Gasteiger partial charge in [0.1, 0.15) is 36.2 Å². The van der Waals surface area contributed by atoms with E-state index in [1.54, 1.807) is 0 Å². The van der Waals surface area contributed by atoms with Crippen molar-refractivity contribution in [3.8, 4) is 0 Å². The molecule has 0 aromatic rings. The van der Waals surface area contributed by atoms with Crippen LogP contribution in [0.25, 0.3) is 0 Å². The molecule has 0 fully saturated rings. The highest BCUT2D eigenvalue weighted by atomic mass is 16.2. The van der Waals surface area contributed by atoms with Crippen LogP contribution in [-0.2, 0) is 24.0 Å². The van der Waals surface area contributed by atoms with Crippen molar-refractivity contribution in [2.75, 3.05) is 26.2 Å². The molecule has 0 aromatic heterocycles. The van der Waals surface area contributed by atoms with E-state index in [1.165, 1.54) is 0 Å². The predicted octanol–water partition coefficient (Wildman–Crippen LogP) is -1.35. The average Bonchev–Trinajstić information content (AvgIpc) is 2.71. The lowest BCUT2D eigenvalue weighted by atomic mass is 9.89. The van der Waals surface area contributed by atoms with Crippen LogP contribution in [0.4, 0.5) is 0 Å². The Kier molecular flexibility index (Phi) is 12.8. The van der Waals surface area contributed by atoms with Crippen molar-refractivity contribution in [2.45, 2.75) is 43.2 Å². The molecule has 1 amide bonds. The second kappa shape index (κ2) is 13.9. The molecular weight excluding hydrogens is 352 g/mol. The van der Waals surface area contributed by atoms with E-state index in [1.807, 2.05) is 0 Å². The third-order valence-corrected chi connectivity index (χ3v) is 4.15. The summed E-state index contributed by atoms with van der Waals surface area (Å²) in [6, 6.07) is 0. The maximum atomic E-state index is 11.4. The first kappa shape index (κ1) is 24.8. The van der Waals surface area contributed by atoms with E-state index in [-0.39, 0.29) is 18.7 Å². The summed E-state index contributed by atoms with van der Waals surface area (Å²) >= 11 is 0. The first-order chi connectivity index (χ1) is 13.0. The number of hydrogen-bond donors (Lipinski definition) is 4. The Labute approximate surface area is 159 Å². The zero-order chi connectivity index (χ0) is 20.6. The SMILES string of the molecule is C=CC(=O)NCCCNC(C=O)(C=O)CCCC(C=O)(C=O)NCCCN. The summed E-state index contributed by atoms with van der Waals surface area (Å²) in [5, 5.41) is 8.33. The van der Waals surface area contributed by atoms with E-state index in [0.717, 1.165) is 6.08 Å². The molecule has 0 aromatic carbocycles. The van der Waals surface area contributed by atoms with E-state index < -0.39 is 11.1 Å². The highest BCUT2D eigenvalue weighted by molar-refractivity contribution is 5.90. The van der Waals surface area contributed by atoms with Crippen LogP contribution in [-0.4, -0.2) is 68.3 Å². The van der Waals surface area contributed by atoms with Crippen LogP contribution in [0.3, 0.4) is 0 Å². The van der Waals surface area contributed by atoms with Crippen molar-refractivity contribution < 1.29 is 24.0 Å². The van der Waals surface area contributed by atoms with Crippen molar-refractivity contribution in [1.82, 2.24) is 16.0 Å². The maximum absolute atomic E-state index is 11.4. The average molecular weight is 382 g/mol. The van der Waals surface area contributed by atoms with Gasteiger partial charge in [-0.1, -0.05) is 6.58 Å². The van der Waals surface area contributed by atoms with Crippen molar-refractivity contribution in [1.29, 1.82) is 0 Å². The molecule has 0 unspecified atom stereocenters. The van der Waals surface area contributed by atoms with Crippen LogP contribution in [0.2, 0.25) is 0 Å². The van der Waals surface area contributed by atoms with Crippen LogP contribution >= 0.6 is 0 Å². The molecule has 5 N–H and O–H groups in total. The van der Waals surface area contributed by atoms with Crippen molar-refractivity contribution in [2.24, 2.45) is 5.73 Å². The minimum Gasteiger partial charge on any atom is -0.353 e. The Bertz CT molecular complexity index is 494. The van der Waals surface area contributed by atoms with Crippen LogP contribution < -0.4 is 21.7 Å². The van der Waals surface area contributed by atoms with Gasteiger partial charge in [0.15, 0.2) is 0 Å². The maximum Gasteiger partial charge on any atom is 0.243 e. The van der Waals surface area contributed by atoms with Gasteiger partial charge >= 0.3 is 0 Å². The van der Waals surface area contributed by atoms with Crippen molar-refractivity contribution >= 4 is 31.1 Å². The summed E-state index contributed by atoms with van der Waals surface area (Å²) < 4.78 is 0. The zero-order valence-corrected chi connectivity index (χ0v) is 15.6. The lowest BCUT2D eigenvalue weighted by Gasteiger charge is -2.27. The number of aldehydes is 4. The number of rotatable bonds is 18. The Morgan fingerprint density at radius 1 is 0.815 bits per heavy atom. The van der Waals surface area contributed by atoms with Crippen LogP contribution in [0.5, 0.6) is 0 Å². The van der Waals surface area contributed by atoms with E-state index in [2.05, 4.69) is 22.5 Å². The second-order valence-electron chi connectivity index (χ2n) is 6.25. The molecule has 0 saturated heterocycles. The quantitative estimate of drug-likeness (QED) is 0.0984. The first-order valence-corrected chi connectivity index (χ1v) is 8.92. The summed E-state index contributed by atoms with van der Waals surface area (Å²) in [4.78, 5) is 56.6. The summed E-state index contributed by atoms with van der Waals surface area (Å²) in [5.74, 6) is -0.298. The molecule has 0 saturated carbocycles. The van der Waals surface area contributed by atoms with Crippen molar-refractivity contribution in [3.05, 3.63) is 12.7 Å². The normalized spacial score (nSPS) is 11.4. The second-order valence-corrected chi connectivity index (χ2v) is 6.25. The zero-order valence-electron chi connectivity index (χ0n) is 15.6. The number of nitrogens with one attached hydrogen (secondary N) is 3. The molecule has 0 aliphatic carbocycles. The van der Waals surface area contributed by atoms with Gasteiger partial charge in [-0.3, -0.25) is 15.4 Å². The van der Waals surface area contributed by atoms with Gasteiger partial charge in [-0.15, -0.1) is 0 Å². The fourth-order valence-electron chi connectivity index (χ4n) is 2.42. The lowest BCUT2D eigenvalue weighted by Crippen LogP contribution is -2.51. The lowest BCUT2D eigenvalue weighted by molar-refractivity contribution is -0.123. The topological polar surface area (TPSA) is 147 Å². The predicted molar refractivity (Wildman–Crippen MR) is 101 cm³/mol. The molecule has 152 valence electrons. The Morgan fingerprint density at radius 3 is 1.70 bits per heavy atom. The van der Waals surface area contributed by atoms with E-state index >= 15 is 0 Å². The van der Waals surface area contributed by atoms with Gasteiger partial charge in [0.25, 0.3) is 0 Å².